The maximum atomic E-state index is 12.7. The predicted molar refractivity (Wildman–Crippen MR) is 124 cm³/mol. The summed E-state index contributed by atoms with van der Waals surface area (Å²) >= 11 is 6.03. The van der Waals surface area contributed by atoms with Gasteiger partial charge in [-0.1, -0.05) is 72.3 Å². The molecule has 1 amide bonds. The van der Waals surface area contributed by atoms with Crippen LogP contribution in [0.4, 0.5) is 11.4 Å². The second-order valence-corrected chi connectivity index (χ2v) is 7.36. The van der Waals surface area contributed by atoms with Gasteiger partial charge in [0.15, 0.2) is 0 Å². The van der Waals surface area contributed by atoms with Crippen LogP contribution in [-0.2, 0) is 11.3 Å². The number of nitro benzene ring substituents is 1. The Kier molecular flexibility index (Phi) is 6.23. The number of halogens is 1. The van der Waals surface area contributed by atoms with E-state index in [2.05, 4.69) is 15.4 Å². The number of carbonyl (C=O) groups is 1. The van der Waals surface area contributed by atoms with Crippen LogP contribution in [-0.4, -0.2) is 25.6 Å². The molecule has 33 heavy (non-hydrogen) atoms. The zero-order valence-corrected chi connectivity index (χ0v) is 17.8. The van der Waals surface area contributed by atoms with Crippen LogP contribution in [0.25, 0.3) is 22.5 Å². The van der Waals surface area contributed by atoms with Gasteiger partial charge in [-0.25, -0.2) is 9.48 Å². The van der Waals surface area contributed by atoms with Crippen molar-refractivity contribution in [3.05, 3.63) is 104 Å². The normalized spacial score (nSPS) is 10.6. The van der Waals surface area contributed by atoms with Gasteiger partial charge in [-0.2, -0.15) is 10.1 Å². The lowest BCUT2D eigenvalue weighted by Crippen LogP contribution is -2.32. The first kappa shape index (κ1) is 21.8. The van der Waals surface area contributed by atoms with Gasteiger partial charge in [0, 0.05) is 23.3 Å². The fourth-order valence-corrected chi connectivity index (χ4v) is 3.37. The molecule has 0 bridgehead atoms. The second kappa shape index (κ2) is 9.41. The summed E-state index contributed by atoms with van der Waals surface area (Å²) in [5, 5.41) is 17.8. The summed E-state index contributed by atoms with van der Waals surface area (Å²) in [5.41, 5.74) is 1.58. The molecule has 4 aromatic rings. The van der Waals surface area contributed by atoms with Crippen LogP contribution in [0.5, 0.6) is 0 Å². The summed E-state index contributed by atoms with van der Waals surface area (Å²) in [7, 11) is 0. The van der Waals surface area contributed by atoms with Gasteiger partial charge in [0.25, 0.3) is 5.69 Å². The van der Waals surface area contributed by atoms with E-state index in [4.69, 9.17) is 11.6 Å². The molecule has 9 nitrogen and oxygen atoms in total. The molecule has 0 radical (unpaired) electrons. The first-order valence-corrected chi connectivity index (χ1v) is 10.1. The van der Waals surface area contributed by atoms with E-state index < -0.39 is 23.1 Å². The molecule has 0 fully saturated rings. The molecule has 0 spiro atoms. The predicted octanol–water partition coefficient (Wildman–Crippen LogP) is 4.17. The molecule has 1 aromatic heterocycles. The molecule has 164 valence electrons. The standard InChI is InChI=1S/C23H16ClN5O4/c24-18-13-17(29(32)33)11-12-19(18)25-20(30)14-28-23(31)26-21(15-7-3-1-4-8-15)22(27-28)16-9-5-2-6-10-16/h1-13H,14H2,(H,25,30). The van der Waals surface area contributed by atoms with Gasteiger partial charge in [-0.05, 0) is 6.07 Å². The molecule has 0 saturated heterocycles. The van der Waals surface area contributed by atoms with Gasteiger partial charge < -0.3 is 5.32 Å². The van der Waals surface area contributed by atoms with Crippen LogP contribution in [0.2, 0.25) is 5.02 Å². The Bertz CT molecular complexity index is 1390. The smallest absolute Gasteiger partial charge is 0.323 e. The quantitative estimate of drug-likeness (QED) is 0.340. The van der Waals surface area contributed by atoms with Gasteiger partial charge in [-0.3, -0.25) is 14.9 Å². The van der Waals surface area contributed by atoms with Crippen LogP contribution in [0.1, 0.15) is 0 Å². The Morgan fingerprint density at radius 3 is 2.15 bits per heavy atom. The van der Waals surface area contributed by atoms with Crippen molar-refractivity contribution >= 4 is 28.9 Å². The number of nitro groups is 1. The number of carbonyl (C=O) groups excluding carboxylic acids is 1. The van der Waals surface area contributed by atoms with E-state index in [1.54, 1.807) is 0 Å². The summed E-state index contributed by atoms with van der Waals surface area (Å²) in [5.74, 6) is -0.589. The van der Waals surface area contributed by atoms with Crippen LogP contribution >= 0.6 is 11.6 Å². The van der Waals surface area contributed by atoms with Crippen molar-refractivity contribution < 1.29 is 9.72 Å². The monoisotopic (exact) mass is 461 g/mol. The van der Waals surface area contributed by atoms with Gasteiger partial charge >= 0.3 is 5.69 Å². The number of amides is 1. The van der Waals surface area contributed by atoms with E-state index in [-0.39, 0.29) is 16.4 Å². The molecule has 1 N–H and O–H groups in total. The van der Waals surface area contributed by atoms with E-state index in [9.17, 15) is 19.7 Å². The highest BCUT2D eigenvalue weighted by Gasteiger charge is 2.17. The number of hydrogen-bond donors (Lipinski definition) is 1. The van der Waals surface area contributed by atoms with E-state index >= 15 is 0 Å². The molecule has 3 aromatic carbocycles. The van der Waals surface area contributed by atoms with E-state index in [1.165, 1.54) is 12.1 Å². The second-order valence-electron chi connectivity index (χ2n) is 6.95. The van der Waals surface area contributed by atoms with Crippen molar-refractivity contribution in [1.29, 1.82) is 0 Å². The fraction of sp³-hybridized carbons (Fsp3) is 0.0435. The molecule has 1 heterocycles. The van der Waals surface area contributed by atoms with Gasteiger partial charge in [0.1, 0.15) is 17.9 Å². The Morgan fingerprint density at radius 2 is 1.58 bits per heavy atom. The maximum absolute atomic E-state index is 12.7. The topological polar surface area (TPSA) is 120 Å². The van der Waals surface area contributed by atoms with Crippen molar-refractivity contribution in [2.75, 3.05) is 5.32 Å². The number of anilines is 1. The molecule has 0 atom stereocenters. The lowest BCUT2D eigenvalue weighted by molar-refractivity contribution is -0.384. The molecule has 0 aliphatic carbocycles. The highest BCUT2D eigenvalue weighted by molar-refractivity contribution is 6.33. The largest absolute Gasteiger partial charge is 0.365 e. The van der Waals surface area contributed by atoms with Crippen LogP contribution in [0.3, 0.4) is 0 Å². The van der Waals surface area contributed by atoms with Crippen molar-refractivity contribution in [3.63, 3.8) is 0 Å². The average Bonchev–Trinajstić information content (AvgIpc) is 2.82. The number of aromatic nitrogens is 3. The molecular formula is C23H16ClN5O4. The molecular weight excluding hydrogens is 446 g/mol. The number of non-ortho nitro benzene ring substituents is 1. The first-order chi connectivity index (χ1) is 15.9. The van der Waals surface area contributed by atoms with Crippen LogP contribution in [0, 0.1) is 10.1 Å². The number of nitrogens with one attached hydrogen (secondary N) is 1. The van der Waals surface area contributed by atoms with Crippen LogP contribution in [0.15, 0.2) is 83.7 Å². The Labute approximate surface area is 192 Å². The van der Waals surface area contributed by atoms with E-state index in [1.807, 2.05) is 60.7 Å². The summed E-state index contributed by atoms with van der Waals surface area (Å²) in [6.07, 6.45) is 0. The Hall–Kier alpha value is -4.37. The Morgan fingerprint density at radius 1 is 0.970 bits per heavy atom. The van der Waals surface area contributed by atoms with Crippen LogP contribution < -0.4 is 11.0 Å². The highest BCUT2D eigenvalue weighted by atomic mass is 35.5. The zero-order valence-electron chi connectivity index (χ0n) is 17.0. The number of benzene rings is 3. The molecule has 0 aliphatic rings. The lowest BCUT2D eigenvalue weighted by atomic mass is 10.0. The van der Waals surface area contributed by atoms with Crippen molar-refractivity contribution in [2.45, 2.75) is 6.54 Å². The van der Waals surface area contributed by atoms with Crippen molar-refractivity contribution in [1.82, 2.24) is 14.8 Å². The van der Waals surface area contributed by atoms with E-state index in [0.717, 1.165) is 21.9 Å². The minimum atomic E-state index is -0.696. The number of rotatable bonds is 6. The SMILES string of the molecule is O=C(Cn1nc(-c2ccccc2)c(-c2ccccc2)nc1=O)Nc1ccc([N+](=O)[O-])cc1Cl. The minimum Gasteiger partial charge on any atom is -0.323 e. The fourth-order valence-electron chi connectivity index (χ4n) is 3.15. The third-order valence-electron chi connectivity index (χ3n) is 4.70. The van der Waals surface area contributed by atoms with Gasteiger partial charge in [-0.15, -0.1) is 0 Å². The van der Waals surface area contributed by atoms with E-state index in [0.29, 0.717) is 11.4 Å². The van der Waals surface area contributed by atoms with Crippen molar-refractivity contribution in [3.8, 4) is 22.5 Å². The third kappa shape index (κ3) is 4.94. The summed E-state index contributed by atoms with van der Waals surface area (Å²) < 4.78 is 0.962. The molecule has 0 saturated carbocycles. The minimum absolute atomic E-state index is 0.000353. The molecule has 0 aliphatic heterocycles. The van der Waals surface area contributed by atoms with Gasteiger partial charge in [0.05, 0.1) is 15.6 Å². The third-order valence-corrected chi connectivity index (χ3v) is 5.01. The molecule has 10 heteroatoms. The van der Waals surface area contributed by atoms with Gasteiger partial charge in [0.2, 0.25) is 5.91 Å². The summed E-state index contributed by atoms with van der Waals surface area (Å²) in [6, 6.07) is 22.0. The first-order valence-electron chi connectivity index (χ1n) is 9.76. The number of nitrogens with zero attached hydrogens (tertiary/aromatic N) is 4. The molecule has 0 unspecified atom stereocenters. The lowest BCUT2D eigenvalue weighted by Gasteiger charge is -2.12. The average molecular weight is 462 g/mol. The number of hydrogen-bond acceptors (Lipinski definition) is 6. The summed E-state index contributed by atoms with van der Waals surface area (Å²) in [6.45, 7) is -0.423. The highest BCUT2D eigenvalue weighted by Crippen LogP contribution is 2.28. The zero-order chi connectivity index (χ0) is 23.4. The maximum Gasteiger partial charge on any atom is 0.365 e. The Balaban J connectivity index is 1.67. The van der Waals surface area contributed by atoms with Crippen molar-refractivity contribution in [2.24, 2.45) is 0 Å². The molecule has 4 rings (SSSR count). The summed E-state index contributed by atoms with van der Waals surface area (Å²) in [4.78, 5) is 39.7.